The van der Waals surface area contributed by atoms with Gasteiger partial charge in [-0.2, -0.15) is 0 Å². The number of hydrogen-bond donors (Lipinski definition) is 1. The Morgan fingerprint density at radius 1 is 1.22 bits per heavy atom. The molecule has 0 amide bonds. The molecule has 5 heteroatoms. The zero-order valence-corrected chi connectivity index (χ0v) is 11.1. The first-order chi connectivity index (χ1) is 8.65. The number of aliphatic hydroxyl groups excluding tert-OH is 1. The number of benzene rings is 1. The van der Waals surface area contributed by atoms with E-state index in [9.17, 15) is 5.11 Å². The van der Waals surface area contributed by atoms with E-state index in [0.29, 0.717) is 21.9 Å². The molecule has 0 aliphatic carbocycles. The topological polar surface area (TPSA) is 42.4 Å². The normalized spacial score (nSPS) is 12.2. The van der Waals surface area contributed by atoms with Gasteiger partial charge in [-0.1, -0.05) is 35.3 Å². The summed E-state index contributed by atoms with van der Waals surface area (Å²) < 4.78 is 5.06. The smallest absolute Gasteiger partial charge is 0.139 e. The summed E-state index contributed by atoms with van der Waals surface area (Å²) in [6.07, 6.45) is 2.35. The molecular formula is C13H11Cl2NO2. The van der Waals surface area contributed by atoms with E-state index in [1.807, 2.05) is 0 Å². The van der Waals surface area contributed by atoms with Gasteiger partial charge < -0.3 is 9.84 Å². The van der Waals surface area contributed by atoms with Gasteiger partial charge in [-0.15, -0.1) is 0 Å². The lowest BCUT2D eigenvalue weighted by molar-refractivity contribution is 0.220. The molecule has 0 aliphatic rings. The molecule has 1 aromatic carbocycles. The second-order valence-corrected chi connectivity index (χ2v) is 4.43. The molecule has 0 saturated carbocycles. The zero-order chi connectivity index (χ0) is 13.1. The Balaban J connectivity index is 2.43. The van der Waals surface area contributed by atoms with Gasteiger partial charge in [0.15, 0.2) is 0 Å². The molecule has 2 aromatic rings. The molecule has 0 spiro atoms. The summed E-state index contributed by atoms with van der Waals surface area (Å²) in [7, 11) is 1.51. The van der Waals surface area contributed by atoms with Gasteiger partial charge in [0.1, 0.15) is 16.9 Å². The van der Waals surface area contributed by atoms with Crippen molar-refractivity contribution in [3.8, 4) is 5.75 Å². The van der Waals surface area contributed by atoms with Crippen LogP contribution in [-0.2, 0) is 0 Å². The standard InChI is InChI=1S/C13H11Cl2NO2/c1-18-10-5-4-9(11(14)12(10)15)13(17)8-3-2-6-16-7-8/h2-7,13,17H,1H3. The predicted octanol–water partition coefficient (Wildman–Crippen LogP) is 3.48. The first-order valence-electron chi connectivity index (χ1n) is 5.25. The fraction of sp³-hybridized carbons (Fsp3) is 0.154. The number of methoxy groups -OCH3 is 1. The molecule has 1 aromatic heterocycles. The first kappa shape index (κ1) is 13.1. The summed E-state index contributed by atoms with van der Waals surface area (Å²) in [5.74, 6) is 0.476. The van der Waals surface area contributed by atoms with Gasteiger partial charge in [-0.05, 0) is 12.1 Å². The van der Waals surface area contributed by atoms with Crippen molar-refractivity contribution in [3.63, 3.8) is 0 Å². The van der Waals surface area contributed by atoms with E-state index in [0.717, 1.165) is 0 Å². The molecule has 1 atom stereocenters. The van der Waals surface area contributed by atoms with Crippen LogP contribution in [0.4, 0.5) is 0 Å². The maximum atomic E-state index is 10.2. The van der Waals surface area contributed by atoms with Crippen LogP contribution in [0.5, 0.6) is 5.75 Å². The number of nitrogens with zero attached hydrogens (tertiary/aromatic N) is 1. The van der Waals surface area contributed by atoms with Crippen LogP contribution in [0.1, 0.15) is 17.2 Å². The van der Waals surface area contributed by atoms with Crippen LogP contribution in [0, 0.1) is 0 Å². The lowest BCUT2D eigenvalue weighted by Crippen LogP contribution is -2.01. The summed E-state index contributed by atoms with van der Waals surface area (Å²) in [4.78, 5) is 3.96. The molecule has 0 fully saturated rings. The SMILES string of the molecule is COc1ccc(C(O)c2cccnc2)c(Cl)c1Cl. The highest BCUT2D eigenvalue weighted by Gasteiger charge is 2.18. The number of ether oxygens (including phenoxy) is 1. The molecule has 1 unspecified atom stereocenters. The number of rotatable bonds is 3. The van der Waals surface area contributed by atoms with E-state index in [4.69, 9.17) is 27.9 Å². The third kappa shape index (κ3) is 2.43. The van der Waals surface area contributed by atoms with Gasteiger partial charge >= 0.3 is 0 Å². The van der Waals surface area contributed by atoms with Gasteiger partial charge in [-0.3, -0.25) is 4.98 Å². The predicted molar refractivity (Wildman–Crippen MR) is 71.3 cm³/mol. The van der Waals surface area contributed by atoms with Crippen molar-refractivity contribution in [2.75, 3.05) is 7.11 Å². The van der Waals surface area contributed by atoms with E-state index in [1.165, 1.54) is 7.11 Å². The minimum atomic E-state index is -0.866. The number of aliphatic hydroxyl groups is 1. The fourth-order valence-corrected chi connectivity index (χ4v) is 2.14. The van der Waals surface area contributed by atoms with Crippen molar-refractivity contribution >= 4 is 23.2 Å². The van der Waals surface area contributed by atoms with Crippen LogP contribution in [0.2, 0.25) is 10.0 Å². The van der Waals surface area contributed by atoms with E-state index >= 15 is 0 Å². The number of aromatic nitrogens is 1. The van der Waals surface area contributed by atoms with Gasteiger partial charge in [0.25, 0.3) is 0 Å². The van der Waals surface area contributed by atoms with Crippen molar-refractivity contribution in [2.24, 2.45) is 0 Å². The molecule has 2 rings (SSSR count). The number of hydrogen-bond acceptors (Lipinski definition) is 3. The fourth-order valence-electron chi connectivity index (χ4n) is 1.63. The third-order valence-electron chi connectivity index (χ3n) is 2.59. The lowest BCUT2D eigenvalue weighted by atomic mass is 10.0. The van der Waals surface area contributed by atoms with E-state index in [-0.39, 0.29) is 5.02 Å². The Morgan fingerprint density at radius 3 is 2.61 bits per heavy atom. The Bertz CT molecular complexity index is 546. The quantitative estimate of drug-likeness (QED) is 0.938. The minimum Gasteiger partial charge on any atom is -0.495 e. The van der Waals surface area contributed by atoms with Crippen LogP contribution in [0.25, 0.3) is 0 Å². The maximum Gasteiger partial charge on any atom is 0.139 e. The molecule has 0 radical (unpaired) electrons. The molecule has 0 bridgehead atoms. The van der Waals surface area contributed by atoms with Gasteiger partial charge in [0, 0.05) is 23.5 Å². The summed E-state index contributed by atoms with van der Waals surface area (Å²) in [5.41, 5.74) is 1.18. The molecule has 94 valence electrons. The second kappa shape index (κ2) is 5.57. The third-order valence-corrected chi connectivity index (χ3v) is 3.47. The number of halogens is 2. The molecule has 0 aliphatic heterocycles. The Kier molecular flexibility index (Phi) is 4.07. The molecule has 3 nitrogen and oxygen atoms in total. The molecule has 1 heterocycles. The van der Waals surface area contributed by atoms with Crippen LogP contribution in [0.3, 0.4) is 0 Å². The largest absolute Gasteiger partial charge is 0.495 e. The summed E-state index contributed by atoms with van der Waals surface area (Å²) in [6, 6.07) is 6.87. The van der Waals surface area contributed by atoms with Crippen LogP contribution >= 0.6 is 23.2 Å². The Labute approximate surface area is 115 Å². The highest BCUT2D eigenvalue weighted by molar-refractivity contribution is 6.43. The zero-order valence-electron chi connectivity index (χ0n) is 9.60. The summed E-state index contributed by atoms with van der Waals surface area (Å²) in [5, 5.41) is 10.8. The number of pyridine rings is 1. The molecular weight excluding hydrogens is 273 g/mol. The van der Waals surface area contributed by atoms with Gasteiger partial charge in [0.05, 0.1) is 12.1 Å². The Morgan fingerprint density at radius 2 is 2.00 bits per heavy atom. The summed E-state index contributed by atoms with van der Waals surface area (Å²) >= 11 is 12.2. The lowest BCUT2D eigenvalue weighted by Gasteiger charge is -2.15. The highest BCUT2D eigenvalue weighted by atomic mass is 35.5. The van der Waals surface area contributed by atoms with Crippen LogP contribution in [0.15, 0.2) is 36.7 Å². The monoisotopic (exact) mass is 283 g/mol. The minimum absolute atomic E-state index is 0.285. The van der Waals surface area contributed by atoms with Gasteiger partial charge in [0.2, 0.25) is 0 Å². The van der Waals surface area contributed by atoms with Crippen molar-refractivity contribution < 1.29 is 9.84 Å². The van der Waals surface area contributed by atoms with Crippen LogP contribution < -0.4 is 4.74 Å². The second-order valence-electron chi connectivity index (χ2n) is 3.67. The summed E-state index contributed by atoms with van der Waals surface area (Å²) in [6.45, 7) is 0. The Hall–Kier alpha value is -1.29. The molecule has 0 saturated heterocycles. The van der Waals surface area contributed by atoms with E-state index < -0.39 is 6.10 Å². The average Bonchev–Trinajstić information content (AvgIpc) is 2.42. The molecule has 1 N–H and O–H groups in total. The van der Waals surface area contributed by atoms with Crippen LogP contribution in [-0.4, -0.2) is 17.2 Å². The van der Waals surface area contributed by atoms with Crippen molar-refractivity contribution in [1.82, 2.24) is 4.98 Å². The van der Waals surface area contributed by atoms with Crippen molar-refractivity contribution in [1.29, 1.82) is 0 Å². The van der Waals surface area contributed by atoms with E-state index in [2.05, 4.69) is 4.98 Å². The van der Waals surface area contributed by atoms with Crippen molar-refractivity contribution in [2.45, 2.75) is 6.10 Å². The average molecular weight is 284 g/mol. The molecule has 18 heavy (non-hydrogen) atoms. The maximum absolute atomic E-state index is 10.2. The highest BCUT2D eigenvalue weighted by Crippen LogP contribution is 2.38. The van der Waals surface area contributed by atoms with Gasteiger partial charge in [-0.25, -0.2) is 0 Å². The van der Waals surface area contributed by atoms with E-state index in [1.54, 1.807) is 36.7 Å². The first-order valence-corrected chi connectivity index (χ1v) is 6.00. The van der Waals surface area contributed by atoms with Crippen molar-refractivity contribution in [3.05, 3.63) is 57.8 Å².